The van der Waals surface area contributed by atoms with E-state index in [9.17, 15) is 9.59 Å². The molecular weight excluding hydrogens is 272 g/mol. The van der Waals surface area contributed by atoms with Crippen molar-refractivity contribution >= 4 is 17.7 Å². The van der Waals surface area contributed by atoms with Crippen LogP contribution in [-0.2, 0) is 13.6 Å². The number of benzene rings is 1. The lowest BCUT2D eigenvalue weighted by molar-refractivity contribution is 0.0696. The number of carbonyl (C=O) groups excluding carboxylic acids is 1. The maximum atomic E-state index is 11.7. The van der Waals surface area contributed by atoms with Crippen LogP contribution in [0.25, 0.3) is 0 Å². The van der Waals surface area contributed by atoms with Gasteiger partial charge in [0.05, 0.1) is 17.8 Å². The molecule has 0 saturated heterocycles. The third-order valence-electron chi connectivity index (χ3n) is 2.91. The van der Waals surface area contributed by atoms with E-state index in [4.69, 9.17) is 5.11 Å². The summed E-state index contributed by atoms with van der Waals surface area (Å²) in [7, 11) is 1.80. The van der Waals surface area contributed by atoms with E-state index in [1.807, 2.05) is 6.07 Å². The average molecular weight is 288 g/mol. The van der Waals surface area contributed by atoms with Gasteiger partial charge < -0.3 is 15.7 Å². The van der Waals surface area contributed by atoms with Crippen LogP contribution in [0.15, 0.2) is 30.5 Å². The fraction of sp³-hybridized carbons (Fsp3) is 0.214. The second-order valence-electron chi connectivity index (χ2n) is 4.62. The van der Waals surface area contributed by atoms with Crippen molar-refractivity contribution in [3.05, 3.63) is 47.3 Å². The Balaban J connectivity index is 1.93. The molecule has 0 unspecified atom stereocenters. The monoisotopic (exact) mass is 288 g/mol. The lowest BCUT2D eigenvalue weighted by Crippen LogP contribution is -2.28. The molecule has 7 heteroatoms. The highest BCUT2D eigenvalue weighted by atomic mass is 16.4. The Morgan fingerprint density at radius 3 is 2.67 bits per heavy atom. The third-order valence-corrected chi connectivity index (χ3v) is 2.91. The Kier molecular flexibility index (Phi) is 4.22. The molecule has 0 fully saturated rings. The molecule has 2 aromatic rings. The number of aromatic nitrogens is 2. The number of carbonyl (C=O) groups is 2. The molecule has 0 radical (unpaired) electrons. The fourth-order valence-corrected chi connectivity index (χ4v) is 1.88. The first kappa shape index (κ1) is 14.6. The van der Waals surface area contributed by atoms with Crippen molar-refractivity contribution in [2.24, 2.45) is 7.05 Å². The van der Waals surface area contributed by atoms with Crippen molar-refractivity contribution in [1.29, 1.82) is 0 Å². The Morgan fingerprint density at radius 1 is 1.33 bits per heavy atom. The molecule has 2 rings (SSSR count). The van der Waals surface area contributed by atoms with E-state index in [0.29, 0.717) is 17.8 Å². The van der Waals surface area contributed by atoms with Gasteiger partial charge in [0, 0.05) is 18.9 Å². The van der Waals surface area contributed by atoms with Gasteiger partial charge in [-0.25, -0.2) is 9.59 Å². The summed E-state index contributed by atoms with van der Waals surface area (Å²) in [6.45, 7) is 2.00. The van der Waals surface area contributed by atoms with Gasteiger partial charge in [-0.15, -0.1) is 0 Å². The summed E-state index contributed by atoms with van der Waals surface area (Å²) >= 11 is 0. The maximum Gasteiger partial charge on any atom is 0.335 e. The molecule has 0 aliphatic carbocycles. The number of amides is 2. The van der Waals surface area contributed by atoms with E-state index in [1.165, 1.54) is 6.07 Å². The molecule has 110 valence electrons. The Morgan fingerprint density at radius 2 is 2.10 bits per heavy atom. The summed E-state index contributed by atoms with van der Waals surface area (Å²) in [4.78, 5) is 22.7. The number of carboxylic acids is 1. The van der Waals surface area contributed by atoms with Crippen molar-refractivity contribution in [1.82, 2.24) is 15.1 Å². The number of rotatable bonds is 4. The van der Waals surface area contributed by atoms with Crippen LogP contribution in [-0.4, -0.2) is 26.9 Å². The minimum Gasteiger partial charge on any atom is -0.478 e. The van der Waals surface area contributed by atoms with Gasteiger partial charge in [-0.1, -0.05) is 0 Å². The predicted molar refractivity (Wildman–Crippen MR) is 77.2 cm³/mol. The largest absolute Gasteiger partial charge is 0.478 e. The van der Waals surface area contributed by atoms with Crippen LogP contribution in [0.2, 0.25) is 0 Å². The number of aryl methyl sites for hydroxylation is 2. The van der Waals surface area contributed by atoms with Gasteiger partial charge in [-0.3, -0.25) is 4.68 Å². The number of nitrogens with one attached hydrogen (secondary N) is 2. The van der Waals surface area contributed by atoms with Crippen molar-refractivity contribution in [3.63, 3.8) is 0 Å². The van der Waals surface area contributed by atoms with Crippen LogP contribution in [0.5, 0.6) is 0 Å². The number of anilines is 1. The van der Waals surface area contributed by atoms with Crippen LogP contribution in [0.4, 0.5) is 10.5 Å². The molecular formula is C14H16N4O3. The van der Waals surface area contributed by atoms with Gasteiger partial charge in [-0.05, 0) is 36.8 Å². The Labute approximate surface area is 121 Å². The number of aromatic carboxylic acids is 1. The summed E-state index contributed by atoms with van der Waals surface area (Å²) in [6, 6.07) is 6.07. The lowest BCUT2D eigenvalue weighted by Gasteiger charge is -2.08. The van der Waals surface area contributed by atoms with E-state index in [2.05, 4.69) is 15.7 Å². The second kappa shape index (κ2) is 6.08. The predicted octanol–water partition coefficient (Wildman–Crippen LogP) is 1.75. The van der Waals surface area contributed by atoms with Gasteiger partial charge in [0.1, 0.15) is 0 Å². The van der Waals surface area contributed by atoms with E-state index >= 15 is 0 Å². The van der Waals surface area contributed by atoms with E-state index in [-0.39, 0.29) is 11.6 Å². The lowest BCUT2D eigenvalue weighted by atomic mass is 10.1. The second-order valence-corrected chi connectivity index (χ2v) is 4.62. The van der Waals surface area contributed by atoms with Crippen molar-refractivity contribution in [3.8, 4) is 0 Å². The van der Waals surface area contributed by atoms with Crippen molar-refractivity contribution in [2.75, 3.05) is 5.32 Å². The first-order valence-electron chi connectivity index (χ1n) is 6.33. The minimum atomic E-state index is -0.987. The van der Waals surface area contributed by atoms with Gasteiger partial charge in [0.2, 0.25) is 0 Å². The number of nitrogens with zero attached hydrogens (tertiary/aromatic N) is 2. The quantitative estimate of drug-likeness (QED) is 0.798. The highest BCUT2D eigenvalue weighted by molar-refractivity contribution is 5.92. The molecule has 0 aliphatic heterocycles. The smallest absolute Gasteiger partial charge is 0.335 e. The number of carboxylic acid groups (broad SMARTS) is 1. The molecule has 0 atom stereocenters. The molecule has 3 N–H and O–H groups in total. The average Bonchev–Trinajstić information content (AvgIpc) is 2.82. The summed E-state index contributed by atoms with van der Waals surface area (Å²) in [6.07, 6.45) is 1.79. The van der Waals surface area contributed by atoms with E-state index < -0.39 is 5.97 Å². The minimum absolute atomic E-state index is 0.217. The zero-order valence-electron chi connectivity index (χ0n) is 11.8. The van der Waals surface area contributed by atoms with Crippen molar-refractivity contribution < 1.29 is 14.7 Å². The standard InChI is InChI=1S/C14H16N4O3/c1-9-7-10(3-4-12(9)13(19)20)16-14(21)15-8-11-5-6-18(2)17-11/h3-7H,8H2,1-2H3,(H,19,20)(H2,15,16,21). The van der Waals surface area contributed by atoms with Crippen molar-refractivity contribution in [2.45, 2.75) is 13.5 Å². The van der Waals surface area contributed by atoms with Gasteiger partial charge in [0.25, 0.3) is 0 Å². The third kappa shape index (κ3) is 3.82. The maximum absolute atomic E-state index is 11.7. The number of urea groups is 1. The van der Waals surface area contributed by atoms with E-state index in [1.54, 1.807) is 37.0 Å². The molecule has 1 aromatic heterocycles. The molecule has 0 aliphatic rings. The molecule has 2 amide bonds. The first-order valence-corrected chi connectivity index (χ1v) is 6.33. The topological polar surface area (TPSA) is 96.3 Å². The molecule has 21 heavy (non-hydrogen) atoms. The van der Waals surface area contributed by atoms with Crippen LogP contribution in [0.3, 0.4) is 0 Å². The zero-order chi connectivity index (χ0) is 15.4. The normalized spacial score (nSPS) is 10.2. The van der Waals surface area contributed by atoms with Crippen LogP contribution < -0.4 is 10.6 Å². The molecule has 1 aromatic carbocycles. The molecule has 0 saturated carbocycles. The highest BCUT2D eigenvalue weighted by Crippen LogP contribution is 2.15. The number of hydrogen-bond donors (Lipinski definition) is 3. The summed E-state index contributed by atoms with van der Waals surface area (Å²) in [5, 5.41) is 18.4. The van der Waals surface area contributed by atoms with Gasteiger partial charge in [-0.2, -0.15) is 5.10 Å². The SMILES string of the molecule is Cc1cc(NC(=O)NCc2ccn(C)n2)ccc1C(=O)O. The van der Waals surface area contributed by atoms with Crippen LogP contribution in [0, 0.1) is 6.92 Å². The molecule has 0 spiro atoms. The fourth-order valence-electron chi connectivity index (χ4n) is 1.88. The summed E-state index contributed by atoms with van der Waals surface area (Å²) in [5.41, 5.74) is 2.10. The molecule has 0 bridgehead atoms. The van der Waals surface area contributed by atoms with E-state index in [0.717, 1.165) is 5.69 Å². The molecule has 7 nitrogen and oxygen atoms in total. The Bertz CT molecular complexity index is 679. The van der Waals surface area contributed by atoms with Crippen LogP contribution in [0.1, 0.15) is 21.6 Å². The zero-order valence-corrected chi connectivity index (χ0v) is 11.8. The Hall–Kier alpha value is -2.83. The summed E-state index contributed by atoms with van der Waals surface area (Å²) in [5.74, 6) is -0.987. The molecule has 1 heterocycles. The number of hydrogen-bond acceptors (Lipinski definition) is 3. The van der Waals surface area contributed by atoms with Crippen LogP contribution >= 0.6 is 0 Å². The summed E-state index contributed by atoms with van der Waals surface area (Å²) < 4.78 is 1.66. The highest BCUT2D eigenvalue weighted by Gasteiger charge is 2.09. The van der Waals surface area contributed by atoms with Gasteiger partial charge in [0.15, 0.2) is 0 Å². The first-order chi connectivity index (χ1) is 9.95. The van der Waals surface area contributed by atoms with Gasteiger partial charge >= 0.3 is 12.0 Å².